The van der Waals surface area contributed by atoms with Gasteiger partial charge < -0.3 is 9.84 Å². The zero-order valence-corrected chi connectivity index (χ0v) is 22.5. The second-order valence-electron chi connectivity index (χ2n) is 9.79. The molecule has 0 fully saturated rings. The van der Waals surface area contributed by atoms with Crippen LogP contribution >= 0.6 is 0 Å². The molecular formula is C31H35N3O4. The molecular weight excluding hydrogens is 478 g/mol. The first-order valence-electron chi connectivity index (χ1n) is 13.1. The molecule has 0 spiro atoms. The Balaban J connectivity index is 1.51. The topological polar surface area (TPSA) is 86.4 Å². The first-order valence-corrected chi connectivity index (χ1v) is 13.1. The second kappa shape index (κ2) is 11.9. The predicted molar refractivity (Wildman–Crippen MR) is 149 cm³/mol. The number of hydrogen-bond donors (Lipinski definition) is 1. The number of hydrogen-bond acceptors (Lipinski definition) is 4. The number of carboxylic acid groups (broad SMARTS) is 1. The van der Waals surface area contributed by atoms with Crippen molar-refractivity contribution in [1.29, 1.82) is 0 Å². The summed E-state index contributed by atoms with van der Waals surface area (Å²) in [6.45, 7) is 8.39. The number of carbonyl (C=O) groups is 1. The third kappa shape index (κ3) is 6.22. The summed E-state index contributed by atoms with van der Waals surface area (Å²) in [5, 5.41) is 14.0. The molecule has 7 heteroatoms. The number of carboxylic acids is 1. The van der Waals surface area contributed by atoms with Crippen LogP contribution in [0, 0.1) is 6.92 Å². The molecule has 4 aromatic rings. The maximum atomic E-state index is 13.1. The molecule has 0 saturated carbocycles. The summed E-state index contributed by atoms with van der Waals surface area (Å²) in [4.78, 5) is 24.5. The lowest BCUT2D eigenvalue weighted by Crippen LogP contribution is -2.25. The molecule has 0 aliphatic rings. The van der Waals surface area contributed by atoms with Crippen molar-refractivity contribution >= 4 is 5.97 Å². The number of rotatable bonds is 11. The van der Waals surface area contributed by atoms with Crippen LogP contribution in [0.5, 0.6) is 5.75 Å². The summed E-state index contributed by atoms with van der Waals surface area (Å²) < 4.78 is 8.90. The smallest absolute Gasteiger partial charge is 0.350 e. The maximum Gasteiger partial charge on any atom is 0.350 e. The monoisotopic (exact) mass is 513 g/mol. The van der Waals surface area contributed by atoms with Gasteiger partial charge in [0.15, 0.2) is 0 Å². The highest BCUT2D eigenvalue weighted by molar-refractivity contribution is 5.74. The predicted octanol–water partition coefficient (Wildman–Crippen LogP) is 5.79. The Labute approximate surface area is 223 Å². The molecule has 3 aromatic carbocycles. The number of aromatic nitrogens is 3. The van der Waals surface area contributed by atoms with E-state index in [1.807, 2.05) is 82.3 Å². The molecule has 38 heavy (non-hydrogen) atoms. The number of benzene rings is 3. The largest absolute Gasteiger partial charge is 0.494 e. The highest BCUT2D eigenvalue weighted by Crippen LogP contribution is 2.28. The summed E-state index contributed by atoms with van der Waals surface area (Å²) in [6, 6.07) is 21.8. The van der Waals surface area contributed by atoms with Gasteiger partial charge in [-0.05, 0) is 81.5 Å². The van der Waals surface area contributed by atoms with E-state index in [9.17, 15) is 14.7 Å². The molecule has 0 atom stereocenters. The standard InChI is InChI=1S/C31H35N3O4/c1-5-38-28-17-14-25(19-26(28)20-30(35)36)24-10-6-8-23(18-24)9-7-11-29-32-34(31(37)33(29)21(2)3)27-15-12-22(4)13-16-27/h6,8,10,12-19,21H,5,7,9,11,20H2,1-4H3,(H,35,36). The number of ether oxygens (including phenoxy) is 1. The molecule has 0 aliphatic heterocycles. The van der Waals surface area contributed by atoms with E-state index in [2.05, 4.69) is 12.1 Å². The molecule has 0 amide bonds. The fourth-order valence-electron chi connectivity index (χ4n) is 4.68. The van der Waals surface area contributed by atoms with Crippen molar-refractivity contribution in [2.45, 2.75) is 59.4 Å². The van der Waals surface area contributed by atoms with Gasteiger partial charge in [-0.2, -0.15) is 4.68 Å². The average molecular weight is 514 g/mol. The van der Waals surface area contributed by atoms with Gasteiger partial charge in [-0.25, -0.2) is 4.79 Å². The van der Waals surface area contributed by atoms with Crippen LogP contribution in [0.25, 0.3) is 16.8 Å². The number of nitrogens with zero attached hydrogens (tertiary/aromatic N) is 3. The van der Waals surface area contributed by atoms with E-state index >= 15 is 0 Å². The van der Waals surface area contributed by atoms with Gasteiger partial charge in [0.1, 0.15) is 11.6 Å². The summed E-state index contributed by atoms with van der Waals surface area (Å²) in [7, 11) is 0. The Hall–Kier alpha value is -4.13. The maximum absolute atomic E-state index is 13.1. The summed E-state index contributed by atoms with van der Waals surface area (Å²) in [6.07, 6.45) is 2.27. The van der Waals surface area contributed by atoms with Gasteiger partial charge in [0.05, 0.1) is 18.7 Å². The minimum absolute atomic E-state index is 0.0136. The van der Waals surface area contributed by atoms with E-state index in [-0.39, 0.29) is 18.2 Å². The molecule has 1 aromatic heterocycles. The van der Waals surface area contributed by atoms with E-state index in [0.29, 0.717) is 24.3 Å². The Morgan fingerprint density at radius 3 is 2.42 bits per heavy atom. The molecule has 7 nitrogen and oxygen atoms in total. The summed E-state index contributed by atoms with van der Waals surface area (Å²) >= 11 is 0. The Morgan fingerprint density at radius 2 is 1.74 bits per heavy atom. The van der Waals surface area contributed by atoms with E-state index in [1.54, 1.807) is 4.57 Å². The van der Waals surface area contributed by atoms with E-state index in [0.717, 1.165) is 41.0 Å². The quantitative estimate of drug-likeness (QED) is 0.274. The van der Waals surface area contributed by atoms with Crippen molar-refractivity contribution in [3.05, 3.63) is 99.7 Å². The van der Waals surface area contributed by atoms with Gasteiger partial charge >= 0.3 is 11.7 Å². The van der Waals surface area contributed by atoms with Crippen molar-refractivity contribution in [1.82, 2.24) is 14.3 Å². The van der Waals surface area contributed by atoms with Crippen LogP contribution in [-0.2, 0) is 24.1 Å². The Kier molecular flexibility index (Phi) is 8.46. The van der Waals surface area contributed by atoms with Gasteiger partial charge in [0, 0.05) is 18.0 Å². The molecule has 0 unspecified atom stereocenters. The van der Waals surface area contributed by atoms with Gasteiger partial charge in [-0.15, -0.1) is 5.10 Å². The van der Waals surface area contributed by atoms with Gasteiger partial charge in [-0.3, -0.25) is 9.36 Å². The van der Waals surface area contributed by atoms with Crippen LogP contribution in [0.3, 0.4) is 0 Å². The normalized spacial score (nSPS) is 11.2. The van der Waals surface area contributed by atoms with Crippen LogP contribution in [0.2, 0.25) is 0 Å². The van der Waals surface area contributed by atoms with Crippen LogP contribution in [0.1, 0.15) is 55.7 Å². The summed E-state index contributed by atoms with van der Waals surface area (Å²) in [5.41, 5.74) is 5.61. The lowest BCUT2D eigenvalue weighted by atomic mass is 9.98. The van der Waals surface area contributed by atoms with E-state index in [1.165, 1.54) is 10.2 Å². The first-order chi connectivity index (χ1) is 18.3. The van der Waals surface area contributed by atoms with Crippen LogP contribution in [0.15, 0.2) is 71.5 Å². The molecule has 1 N–H and O–H groups in total. The molecule has 0 saturated heterocycles. The SMILES string of the molecule is CCOc1ccc(-c2cccc(CCCc3nn(-c4ccc(C)cc4)c(=O)n3C(C)C)c2)cc1CC(=O)O. The van der Waals surface area contributed by atoms with Crippen LogP contribution in [0.4, 0.5) is 0 Å². The molecule has 0 bridgehead atoms. The van der Waals surface area contributed by atoms with Crippen molar-refractivity contribution < 1.29 is 14.6 Å². The molecule has 0 aliphatic carbocycles. The lowest BCUT2D eigenvalue weighted by molar-refractivity contribution is -0.136. The number of aryl methyl sites for hydroxylation is 3. The van der Waals surface area contributed by atoms with Gasteiger partial charge in [-0.1, -0.05) is 48.0 Å². The fraction of sp³-hybridized carbons (Fsp3) is 0.323. The van der Waals surface area contributed by atoms with Gasteiger partial charge in [0.25, 0.3) is 0 Å². The molecule has 0 radical (unpaired) electrons. The highest BCUT2D eigenvalue weighted by Gasteiger charge is 2.17. The zero-order chi connectivity index (χ0) is 27.2. The lowest BCUT2D eigenvalue weighted by Gasteiger charge is -2.12. The second-order valence-corrected chi connectivity index (χ2v) is 9.79. The van der Waals surface area contributed by atoms with Crippen LogP contribution < -0.4 is 10.4 Å². The van der Waals surface area contributed by atoms with Crippen molar-refractivity contribution in [3.63, 3.8) is 0 Å². The third-order valence-corrected chi connectivity index (χ3v) is 6.50. The van der Waals surface area contributed by atoms with E-state index < -0.39 is 5.97 Å². The van der Waals surface area contributed by atoms with Crippen molar-refractivity contribution in [3.8, 4) is 22.6 Å². The highest BCUT2D eigenvalue weighted by atomic mass is 16.5. The van der Waals surface area contributed by atoms with Crippen molar-refractivity contribution in [2.24, 2.45) is 0 Å². The minimum Gasteiger partial charge on any atom is -0.494 e. The minimum atomic E-state index is -0.887. The number of aliphatic carboxylic acids is 1. The Bertz CT molecular complexity index is 1470. The molecule has 4 rings (SSSR count). The van der Waals surface area contributed by atoms with E-state index in [4.69, 9.17) is 9.84 Å². The third-order valence-electron chi connectivity index (χ3n) is 6.50. The fourth-order valence-corrected chi connectivity index (χ4v) is 4.68. The van der Waals surface area contributed by atoms with Gasteiger partial charge in [0.2, 0.25) is 0 Å². The van der Waals surface area contributed by atoms with Crippen molar-refractivity contribution in [2.75, 3.05) is 6.61 Å². The summed E-state index contributed by atoms with van der Waals surface area (Å²) in [5.74, 6) is 0.504. The Morgan fingerprint density at radius 1 is 1.00 bits per heavy atom. The van der Waals surface area contributed by atoms with Crippen LogP contribution in [-0.4, -0.2) is 32.0 Å². The first kappa shape index (κ1) is 26.9. The zero-order valence-electron chi connectivity index (χ0n) is 22.5. The average Bonchev–Trinajstić information content (AvgIpc) is 3.21. The molecule has 198 valence electrons. The molecule has 1 heterocycles.